The molecule has 0 spiro atoms. The molecule has 0 saturated carbocycles. The molecule has 1 fully saturated rings. The molecule has 0 atom stereocenters. The van der Waals surface area contributed by atoms with Crippen molar-refractivity contribution in [2.45, 2.75) is 33.1 Å². The fraction of sp³-hybridized carbons (Fsp3) is 0.692. The van der Waals surface area contributed by atoms with Gasteiger partial charge in [0, 0.05) is 13.1 Å². The highest BCUT2D eigenvalue weighted by Crippen LogP contribution is 2.34. The van der Waals surface area contributed by atoms with Crippen LogP contribution in [0.15, 0.2) is 6.33 Å². The van der Waals surface area contributed by atoms with E-state index in [0.717, 1.165) is 25.3 Å². The molecule has 18 heavy (non-hydrogen) atoms. The molecular formula is C13H22N4O. The second kappa shape index (κ2) is 5.00. The number of ether oxygens (including phenoxy) is 1. The molecule has 5 heteroatoms. The third-order valence-corrected chi connectivity index (χ3v) is 3.66. The molecule has 5 nitrogen and oxygen atoms in total. The number of hydrogen-bond donors (Lipinski definition) is 1. The molecule has 1 saturated heterocycles. The van der Waals surface area contributed by atoms with Crippen LogP contribution in [0.25, 0.3) is 0 Å². The van der Waals surface area contributed by atoms with Crippen LogP contribution in [-0.2, 0) is 0 Å². The molecule has 1 aromatic heterocycles. The zero-order valence-electron chi connectivity index (χ0n) is 11.4. The molecule has 2 rings (SSSR count). The van der Waals surface area contributed by atoms with Crippen molar-refractivity contribution in [3.05, 3.63) is 6.33 Å². The lowest BCUT2D eigenvalue weighted by atomic mass is 9.85. The van der Waals surface area contributed by atoms with Crippen molar-refractivity contribution in [3.63, 3.8) is 0 Å². The highest BCUT2D eigenvalue weighted by atomic mass is 16.5. The third-order valence-electron chi connectivity index (χ3n) is 3.66. The second-order valence-corrected chi connectivity index (χ2v) is 5.63. The predicted octanol–water partition coefficient (Wildman–Crippen LogP) is 2.08. The Hall–Kier alpha value is -1.52. The Kier molecular flexibility index (Phi) is 3.59. The van der Waals surface area contributed by atoms with Crippen LogP contribution >= 0.6 is 0 Å². The summed E-state index contributed by atoms with van der Waals surface area (Å²) in [5, 5.41) is 0. The van der Waals surface area contributed by atoms with Gasteiger partial charge in [-0.1, -0.05) is 13.8 Å². The first kappa shape index (κ1) is 12.9. The Morgan fingerprint density at radius 1 is 1.28 bits per heavy atom. The van der Waals surface area contributed by atoms with Gasteiger partial charge in [0.1, 0.15) is 12.0 Å². The minimum absolute atomic E-state index is 0.403. The van der Waals surface area contributed by atoms with Crippen LogP contribution in [0.1, 0.15) is 33.1 Å². The van der Waals surface area contributed by atoms with Crippen LogP contribution in [0.2, 0.25) is 0 Å². The van der Waals surface area contributed by atoms with E-state index in [4.69, 9.17) is 10.5 Å². The lowest BCUT2D eigenvalue weighted by molar-refractivity contribution is 0.325. The zero-order chi connectivity index (χ0) is 13.2. The van der Waals surface area contributed by atoms with Gasteiger partial charge in [0.2, 0.25) is 5.88 Å². The monoisotopic (exact) mass is 250 g/mol. The number of hydrogen-bond acceptors (Lipinski definition) is 5. The maximum absolute atomic E-state index is 6.05. The van der Waals surface area contributed by atoms with Crippen LogP contribution in [0.5, 0.6) is 5.88 Å². The van der Waals surface area contributed by atoms with Gasteiger partial charge in [-0.2, -0.15) is 4.98 Å². The Labute approximate surface area is 108 Å². The summed E-state index contributed by atoms with van der Waals surface area (Å²) in [5.41, 5.74) is 7.00. The van der Waals surface area contributed by atoms with Gasteiger partial charge in [-0.25, -0.2) is 4.98 Å². The van der Waals surface area contributed by atoms with Crippen LogP contribution in [0.3, 0.4) is 0 Å². The van der Waals surface area contributed by atoms with E-state index in [0.29, 0.717) is 17.0 Å². The van der Waals surface area contributed by atoms with Gasteiger partial charge in [-0.05, 0) is 24.7 Å². The van der Waals surface area contributed by atoms with Crippen LogP contribution < -0.4 is 15.4 Å². The van der Waals surface area contributed by atoms with Gasteiger partial charge in [-0.3, -0.25) is 0 Å². The average Bonchev–Trinajstić information content (AvgIpc) is 2.51. The van der Waals surface area contributed by atoms with E-state index in [1.807, 2.05) is 0 Å². The average molecular weight is 250 g/mol. The van der Waals surface area contributed by atoms with Gasteiger partial charge in [0.05, 0.1) is 7.11 Å². The second-order valence-electron chi connectivity index (χ2n) is 5.63. The molecule has 0 unspecified atom stereocenters. The number of anilines is 2. The lowest BCUT2D eigenvalue weighted by Gasteiger charge is -2.25. The Morgan fingerprint density at radius 2 is 2.06 bits per heavy atom. The molecule has 1 aromatic rings. The van der Waals surface area contributed by atoms with Crippen molar-refractivity contribution < 1.29 is 4.74 Å². The Morgan fingerprint density at radius 3 is 2.78 bits per heavy atom. The molecule has 0 aliphatic carbocycles. The van der Waals surface area contributed by atoms with Crippen LogP contribution in [0, 0.1) is 5.41 Å². The van der Waals surface area contributed by atoms with Crippen LogP contribution in [-0.4, -0.2) is 30.2 Å². The summed E-state index contributed by atoms with van der Waals surface area (Å²) < 4.78 is 5.15. The summed E-state index contributed by atoms with van der Waals surface area (Å²) in [5.74, 6) is 1.27. The molecular weight excluding hydrogens is 228 g/mol. The van der Waals surface area contributed by atoms with E-state index >= 15 is 0 Å². The number of methoxy groups -OCH3 is 1. The third kappa shape index (κ3) is 2.66. The molecule has 0 aromatic carbocycles. The standard InChI is InChI=1S/C13H22N4O/c1-13(2)5-4-7-17(8-6-13)11-10(14)12(18-3)16-9-15-11/h9H,4-8,14H2,1-3H3. The van der Waals surface area contributed by atoms with Gasteiger partial charge in [0.15, 0.2) is 5.82 Å². The lowest BCUT2D eigenvalue weighted by Crippen LogP contribution is -2.27. The van der Waals surface area contributed by atoms with E-state index in [9.17, 15) is 0 Å². The van der Waals surface area contributed by atoms with Crippen molar-refractivity contribution in [1.29, 1.82) is 0 Å². The van der Waals surface area contributed by atoms with E-state index < -0.39 is 0 Å². The summed E-state index contributed by atoms with van der Waals surface area (Å²) in [7, 11) is 1.58. The zero-order valence-corrected chi connectivity index (χ0v) is 11.4. The summed E-state index contributed by atoms with van der Waals surface area (Å²) in [4.78, 5) is 10.6. The summed E-state index contributed by atoms with van der Waals surface area (Å²) in [6, 6.07) is 0. The molecule has 1 aliphatic heterocycles. The van der Waals surface area contributed by atoms with Crippen molar-refractivity contribution in [2.24, 2.45) is 5.41 Å². The van der Waals surface area contributed by atoms with Gasteiger partial charge < -0.3 is 15.4 Å². The molecule has 2 N–H and O–H groups in total. The molecule has 1 aliphatic rings. The van der Waals surface area contributed by atoms with E-state index in [-0.39, 0.29) is 0 Å². The number of nitrogens with zero attached hydrogens (tertiary/aromatic N) is 3. The first-order chi connectivity index (χ1) is 8.53. The first-order valence-electron chi connectivity index (χ1n) is 6.43. The molecule has 2 heterocycles. The predicted molar refractivity (Wildman–Crippen MR) is 72.8 cm³/mol. The minimum atomic E-state index is 0.403. The number of nitrogen functional groups attached to an aromatic ring is 1. The van der Waals surface area contributed by atoms with Gasteiger partial charge in [0.25, 0.3) is 0 Å². The summed E-state index contributed by atoms with van der Waals surface area (Å²) >= 11 is 0. The highest BCUT2D eigenvalue weighted by Gasteiger charge is 2.25. The molecule has 0 bridgehead atoms. The van der Waals surface area contributed by atoms with Crippen molar-refractivity contribution in [3.8, 4) is 5.88 Å². The van der Waals surface area contributed by atoms with Gasteiger partial charge >= 0.3 is 0 Å². The number of rotatable bonds is 2. The Bertz CT molecular complexity index is 419. The maximum Gasteiger partial charge on any atom is 0.242 e. The molecule has 0 radical (unpaired) electrons. The normalized spacial score (nSPS) is 19.4. The largest absolute Gasteiger partial charge is 0.479 e. The Balaban J connectivity index is 2.21. The van der Waals surface area contributed by atoms with Crippen molar-refractivity contribution >= 4 is 11.5 Å². The fourth-order valence-corrected chi connectivity index (χ4v) is 2.42. The van der Waals surface area contributed by atoms with Crippen molar-refractivity contribution in [1.82, 2.24) is 9.97 Å². The van der Waals surface area contributed by atoms with E-state index in [1.165, 1.54) is 19.2 Å². The first-order valence-corrected chi connectivity index (χ1v) is 6.43. The quantitative estimate of drug-likeness (QED) is 0.870. The van der Waals surface area contributed by atoms with Gasteiger partial charge in [-0.15, -0.1) is 0 Å². The SMILES string of the molecule is COc1ncnc(N2CCCC(C)(C)CC2)c1N. The van der Waals surface area contributed by atoms with Crippen molar-refractivity contribution in [2.75, 3.05) is 30.8 Å². The fourth-order valence-electron chi connectivity index (χ4n) is 2.42. The summed E-state index contributed by atoms with van der Waals surface area (Å²) in [6.45, 7) is 6.62. The minimum Gasteiger partial charge on any atom is -0.479 e. The molecule has 0 amide bonds. The topological polar surface area (TPSA) is 64.3 Å². The van der Waals surface area contributed by atoms with Crippen LogP contribution in [0.4, 0.5) is 11.5 Å². The maximum atomic E-state index is 6.05. The number of nitrogens with two attached hydrogens (primary N) is 1. The highest BCUT2D eigenvalue weighted by molar-refractivity contribution is 5.67. The van der Waals surface area contributed by atoms with E-state index in [1.54, 1.807) is 7.11 Å². The van der Waals surface area contributed by atoms with E-state index in [2.05, 4.69) is 28.7 Å². The molecule has 100 valence electrons. The number of aromatic nitrogens is 2. The summed E-state index contributed by atoms with van der Waals surface area (Å²) in [6.07, 6.45) is 5.07. The smallest absolute Gasteiger partial charge is 0.242 e.